The van der Waals surface area contributed by atoms with Crippen molar-refractivity contribution in [3.05, 3.63) is 54.1 Å². The van der Waals surface area contributed by atoms with Gasteiger partial charge in [0.05, 0.1) is 12.7 Å². The molecule has 0 saturated carbocycles. The van der Waals surface area contributed by atoms with Gasteiger partial charge in [0.25, 0.3) is 0 Å². The Balaban J connectivity index is 2.73. The van der Waals surface area contributed by atoms with Crippen LogP contribution in [0.3, 0.4) is 0 Å². The van der Waals surface area contributed by atoms with Gasteiger partial charge >= 0.3 is 5.97 Å². The van der Waals surface area contributed by atoms with Crippen molar-refractivity contribution in [3.8, 4) is 0 Å². The molecule has 4 heteroatoms. The van der Waals surface area contributed by atoms with Crippen LogP contribution in [0.1, 0.15) is 17.3 Å². The summed E-state index contributed by atoms with van der Waals surface area (Å²) in [6.45, 7) is 1.86. The number of rotatable bonds is 4. The van der Waals surface area contributed by atoms with Crippen molar-refractivity contribution < 1.29 is 14.3 Å². The van der Waals surface area contributed by atoms with Gasteiger partial charge < -0.3 is 10.1 Å². The number of nitrogens with one attached hydrogen (secondary N) is 1. The average Bonchev–Trinajstić information content (AvgIpc) is 2.38. The lowest BCUT2D eigenvalue weighted by atomic mass is 10.2. The van der Waals surface area contributed by atoms with Gasteiger partial charge in [0.15, 0.2) is 0 Å². The van der Waals surface area contributed by atoms with E-state index in [1.54, 1.807) is 36.4 Å². The van der Waals surface area contributed by atoms with Gasteiger partial charge in [0.2, 0.25) is 5.91 Å². The minimum atomic E-state index is -0.435. The second kappa shape index (κ2) is 7.06. The third-order valence-corrected chi connectivity index (χ3v) is 2.10. The van der Waals surface area contributed by atoms with Crippen LogP contribution in [0.5, 0.6) is 0 Å². The second-order valence-electron chi connectivity index (χ2n) is 3.45. The standard InChI is InChI=1S/C14H15NO3/c1-3-4-5-9-13(16)15-12-8-6-7-11(10-12)14(17)18-2/h3-10H,1-2H3,(H,15,16). The zero-order valence-electron chi connectivity index (χ0n) is 10.3. The molecule has 1 amide bonds. The lowest BCUT2D eigenvalue weighted by Gasteiger charge is -2.04. The minimum Gasteiger partial charge on any atom is -0.465 e. The van der Waals surface area contributed by atoms with Gasteiger partial charge in [0, 0.05) is 11.8 Å². The predicted octanol–water partition coefficient (Wildman–Crippen LogP) is 2.54. The summed E-state index contributed by atoms with van der Waals surface area (Å²) in [6, 6.07) is 6.57. The number of amides is 1. The molecule has 1 aromatic rings. The summed E-state index contributed by atoms with van der Waals surface area (Å²) in [5.41, 5.74) is 0.945. The molecule has 0 saturated heterocycles. The fourth-order valence-electron chi connectivity index (χ4n) is 1.28. The number of hydrogen-bond donors (Lipinski definition) is 1. The van der Waals surface area contributed by atoms with Crippen LogP contribution in [0, 0.1) is 0 Å². The highest BCUT2D eigenvalue weighted by Gasteiger charge is 2.06. The molecule has 0 heterocycles. The Bertz CT molecular complexity index is 490. The van der Waals surface area contributed by atoms with Gasteiger partial charge in [-0.2, -0.15) is 0 Å². The number of ether oxygens (including phenoxy) is 1. The molecule has 0 atom stereocenters. The molecule has 0 aliphatic heterocycles. The Hall–Kier alpha value is -2.36. The SMILES string of the molecule is CC=CC=CC(=O)Nc1cccc(C(=O)OC)c1. The molecule has 1 N–H and O–H groups in total. The van der Waals surface area contributed by atoms with E-state index in [4.69, 9.17) is 0 Å². The highest BCUT2D eigenvalue weighted by Crippen LogP contribution is 2.11. The molecule has 0 aliphatic rings. The molecule has 94 valence electrons. The van der Waals surface area contributed by atoms with Crippen molar-refractivity contribution in [2.24, 2.45) is 0 Å². The molecule has 0 aromatic heterocycles. The van der Waals surface area contributed by atoms with Gasteiger partial charge in [-0.3, -0.25) is 4.79 Å². The fraction of sp³-hybridized carbons (Fsp3) is 0.143. The van der Waals surface area contributed by atoms with Crippen molar-refractivity contribution >= 4 is 17.6 Å². The number of carbonyl (C=O) groups excluding carboxylic acids is 2. The molecule has 0 radical (unpaired) electrons. The molecule has 0 unspecified atom stereocenters. The normalized spacial score (nSPS) is 10.8. The molecule has 0 aliphatic carbocycles. The minimum absolute atomic E-state index is 0.255. The smallest absolute Gasteiger partial charge is 0.337 e. The Morgan fingerprint density at radius 1 is 1.28 bits per heavy atom. The lowest BCUT2D eigenvalue weighted by molar-refractivity contribution is -0.111. The van der Waals surface area contributed by atoms with E-state index in [1.165, 1.54) is 13.2 Å². The van der Waals surface area contributed by atoms with Crippen LogP contribution < -0.4 is 5.32 Å². The molecular formula is C14H15NO3. The van der Waals surface area contributed by atoms with Crippen LogP contribution in [-0.4, -0.2) is 19.0 Å². The molecule has 0 fully saturated rings. The Morgan fingerprint density at radius 3 is 2.72 bits per heavy atom. The summed E-state index contributed by atoms with van der Waals surface area (Å²) in [5, 5.41) is 2.65. The van der Waals surface area contributed by atoms with Crippen molar-refractivity contribution in [1.29, 1.82) is 0 Å². The summed E-state index contributed by atoms with van der Waals surface area (Å²) in [6.07, 6.45) is 6.62. The zero-order valence-corrected chi connectivity index (χ0v) is 10.3. The first-order chi connectivity index (χ1) is 8.67. The number of allylic oxidation sites excluding steroid dienone is 3. The highest BCUT2D eigenvalue weighted by atomic mass is 16.5. The van der Waals surface area contributed by atoms with E-state index in [0.717, 1.165) is 0 Å². The van der Waals surface area contributed by atoms with Crippen LogP contribution in [0.4, 0.5) is 5.69 Å². The van der Waals surface area contributed by atoms with Gasteiger partial charge in [-0.15, -0.1) is 0 Å². The van der Waals surface area contributed by atoms with Crippen LogP contribution >= 0.6 is 0 Å². The van der Waals surface area contributed by atoms with Crippen molar-refractivity contribution in [2.75, 3.05) is 12.4 Å². The Morgan fingerprint density at radius 2 is 2.06 bits per heavy atom. The molecule has 0 bridgehead atoms. The van der Waals surface area contributed by atoms with E-state index in [-0.39, 0.29) is 5.91 Å². The van der Waals surface area contributed by atoms with Gasteiger partial charge in [-0.05, 0) is 25.1 Å². The van der Waals surface area contributed by atoms with Crippen LogP contribution in [0.2, 0.25) is 0 Å². The number of anilines is 1. The average molecular weight is 245 g/mol. The van der Waals surface area contributed by atoms with E-state index >= 15 is 0 Å². The maximum absolute atomic E-state index is 11.5. The molecular weight excluding hydrogens is 230 g/mol. The van der Waals surface area contributed by atoms with Crippen molar-refractivity contribution in [1.82, 2.24) is 0 Å². The zero-order chi connectivity index (χ0) is 13.4. The largest absolute Gasteiger partial charge is 0.465 e. The van der Waals surface area contributed by atoms with E-state index in [0.29, 0.717) is 11.3 Å². The first kappa shape index (κ1) is 13.7. The van der Waals surface area contributed by atoms with Crippen LogP contribution in [-0.2, 0) is 9.53 Å². The van der Waals surface area contributed by atoms with Crippen LogP contribution in [0.15, 0.2) is 48.6 Å². The number of hydrogen-bond acceptors (Lipinski definition) is 3. The predicted molar refractivity (Wildman–Crippen MR) is 70.4 cm³/mol. The number of esters is 1. The summed E-state index contributed by atoms with van der Waals surface area (Å²) in [4.78, 5) is 22.8. The molecule has 18 heavy (non-hydrogen) atoms. The summed E-state index contributed by atoms with van der Waals surface area (Å²) < 4.78 is 4.60. The number of carbonyl (C=O) groups is 2. The summed E-state index contributed by atoms with van der Waals surface area (Å²) in [7, 11) is 1.31. The highest BCUT2D eigenvalue weighted by molar-refractivity contribution is 6.00. The van der Waals surface area contributed by atoms with E-state index in [2.05, 4.69) is 10.1 Å². The van der Waals surface area contributed by atoms with Gasteiger partial charge in [-0.25, -0.2) is 4.79 Å². The molecule has 1 aromatic carbocycles. The quantitative estimate of drug-likeness (QED) is 0.504. The Kier molecular flexibility index (Phi) is 5.38. The van der Waals surface area contributed by atoms with E-state index in [9.17, 15) is 9.59 Å². The molecule has 1 rings (SSSR count). The van der Waals surface area contributed by atoms with E-state index < -0.39 is 5.97 Å². The number of methoxy groups -OCH3 is 1. The second-order valence-corrected chi connectivity index (χ2v) is 3.45. The monoisotopic (exact) mass is 245 g/mol. The van der Waals surface area contributed by atoms with Crippen molar-refractivity contribution in [2.45, 2.75) is 6.92 Å². The topological polar surface area (TPSA) is 55.4 Å². The first-order valence-electron chi connectivity index (χ1n) is 5.46. The fourth-order valence-corrected chi connectivity index (χ4v) is 1.28. The summed E-state index contributed by atoms with van der Waals surface area (Å²) >= 11 is 0. The van der Waals surface area contributed by atoms with Gasteiger partial charge in [0.1, 0.15) is 0 Å². The molecule has 0 spiro atoms. The van der Waals surface area contributed by atoms with Crippen LogP contribution in [0.25, 0.3) is 0 Å². The third kappa shape index (κ3) is 4.25. The third-order valence-electron chi connectivity index (χ3n) is 2.10. The number of benzene rings is 1. The van der Waals surface area contributed by atoms with E-state index in [1.807, 2.05) is 13.0 Å². The Labute approximate surface area is 106 Å². The lowest BCUT2D eigenvalue weighted by Crippen LogP contribution is -2.09. The maximum Gasteiger partial charge on any atom is 0.337 e. The first-order valence-corrected chi connectivity index (χ1v) is 5.46. The molecule has 4 nitrogen and oxygen atoms in total. The van der Waals surface area contributed by atoms with Crippen molar-refractivity contribution in [3.63, 3.8) is 0 Å². The maximum atomic E-state index is 11.5. The summed E-state index contributed by atoms with van der Waals surface area (Å²) in [5.74, 6) is -0.689. The van der Waals surface area contributed by atoms with Gasteiger partial charge in [-0.1, -0.05) is 24.3 Å².